The number of hydrazone groups is 1. The van der Waals surface area contributed by atoms with Crippen LogP contribution >= 0.6 is 0 Å². The predicted molar refractivity (Wildman–Crippen MR) is 75.0 cm³/mol. The Bertz CT molecular complexity index is 704. The molecule has 0 bridgehead atoms. The molecule has 0 radical (unpaired) electrons. The molecule has 0 aliphatic rings. The van der Waals surface area contributed by atoms with Gasteiger partial charge in [-0.05, 0) is 17.7 Å². The first-order chi connectivity index (χ1) is 9.43. The summed E-state index contributed by atoms with van der Waals surface area (Å²) in [5.41, 5.74) is 3.88. The van der Waals surface area contributed by atoms with Crippen molar-refractivity contribution in [1.82, 2.24) is 15.2 Å². The minimum absolute atomic E-state index is 0.642. The van der Waals surface area contributed by atoms with Gasteiger partial charge in [0, 0.05) is 23.2 Å². The van der Waals surface area contributed by atoms with Crippen LogP contribution in [-0.4, -0.2) is 21.4 Å². The molecule has 0 spiro atoms. The zero-order valence-electron chi connectivity index (χ0n) is 10.1. The van der Waals surface area contributed by atoms with Gasteiger partial charge < -0.3 is 0 Å². The van der Waals surface area contributed by atoms with Crippen molar-refractivity contribution in [2.75, 3.05) is 5.43 Å². The van der Waals surface area contributed by atoms with E-state index in [0.29, 0.717) is 5.82 Å². The predicted octanol–water partition coefficient (Wildman–Crippen LogP) is 2.47. The number of pyridine rings is 1. The highest BCUT2D eigenvalue weighted by Gasteiger charge is 2.00. The van der Waals surface area contributed by atoms with Crippen LogP contribution in [0.3, 0.4) is 0 Å². The maximum atomic E-state index is 4.16. The summed E-state index contributed by atoms with van der Waals surface area (Å²) in [5.74, 6) is 0.642. The molecule has 3 aromatic rings. The monoisotopic (exact) mass is 249 g/mol. The molecule has 19 heavy (non-hydrogen) atoms. The molecule has 3 rings (SSSR count). The number of nitrogens with zero attached hydrogens (tertiary/aromatic N) is 4. The Kier molecular flexibility index (Phi) is 3.10. The molecular weight excluding hydrogens is 238 g/mol. The number of hydrogen-bond donors (Lipinski definition) is 1. The fraction of sp³-hybridized carbons (Fsp3) is 0. The standard InChI is InChI=1S/C14H11N5/c1-2-4-13-12(3-1)10-17-19-14(13)18-16-9-11-5-7-15-8-6-11/h1-10H,(H,18,19). The number of anilines is 1. The van der Waals surface area contributed by atoms with Crippen molar-refractivity contribution >= 4 is 22.8 Å². The van der Waals surface area contributed by atoms with Gasteiger partial charge in [0.15, 0.2) is 5.82 Å². The molecule has 2 aromatic heterocycles. The quantitative estimate of drug-likeness (QED) is 0.572. The van der Waals surface area contributed by atoms with E-state index in [-0.39, 0.29) is 0 Å². The summed E-state index contributed by atoms with van der Waals surface area (Å²) in [6, 6.07) is 11.6. The number of nitrogens with one attached hydrogen (secondary N) is 1. The molecule has 2 heterocycles. The van der Waals surface area contributed by atoms with Gasteiger partial charge in [0.2, 0.25) is 0 Å². The molecule has 92 valence electrons. The lowest BCUT2D eigenvalue weighted by Crippen LogP contribution is -1.96. The molecule has 1 N–H and O–H groups in total. The van der Waals surface area contributed by atoms with Crippen LogP contribution in [0, 0.1) is 0 Å². The van der Waals surface area contributed by atoms with E-state index in [2.05, 4.69) is 25.7 Å². The van der Waals surface area contributed by atoms with Gasteiger partial charge in [-0.25, -0.2) is 0 Å². The molecule has 0 atom stereocenters. The van der Waals surface area contributed by atoms with Gasteiger partial charge in [0.1, 0.15) is 0 Å². The fourth-order valence-corrected chi connectivity index (χ4v) is 1.73. The van der Waals surface area contributed by atoms with E-state index >= 15 is 0 Å². The Morgan fingerprint density at radius 2 is 1.89 bits per heavy atom. The van der Waals surface area contributed by atoms with Crippen molar-refractivity contribution in [2.45, 2.75) is 0 Å². The third-order valence-corrected chi connectivity index (χ3v) is 2.66. The summed E-state index contributed by atoms with van der Waals surface area (Å²) in [4.78, 5) is 3.95. The average molecular weight is 249 g/mol. The number of hydrogen-bond acceptors (Lipinski definition) is 5. The highest BCUT2D eigenvalue weighted by atomic mass is 15.3. The highest BCUT2D eigenvalue weighted by molar-refractivity contribution is 5.91. The summed E-state index contributed by atoms with van der Waals surface area (Å²) in [7, 11) is 0. The summed E-state index contributed by atoms with van der Waals surface area (Å²) < 4.78 is 0. The fourth-order valence-electron chi connectivity index (χ4n) is 1.73. The lowest BCUT2D eigenvalue weighted by atomic mass is 10.2. The first-order valence-corrected chi connectivity index (χ1v) is 5.83. The summed E-state index contributed by atoms with van der Waals surface area (Å²) >= 11 is 0. The summed E-state index contributed by atoms with van der Waals surface area (Å²) in [6.07, 6.45) is 6.89. The Labute approximate surface area is 110 Å². The molecule has 5 nitrogen and oxygen atoms in total. The van der Waals surface area contributed by atoms with Crippen molar-refractivity contribution in [1.29, 1.82) is 0 Å². The second kappa shape index (κ2) is 5.22. The first-order valence-electron chi connectivity index (χ1n) is 5.83. The summed E-state index contributed by atoms with van der Waals surface area (Å²) in [5, 5.41) is 14.2. The highest BCUT2D eigenvalue weighted by Crippen LogP contribution is 2.18. The zero-order valence-corrected chi connectivity index (χ0v) is 10.1. The Balaban J connectivity index is 1.84. The number of fused-ring (bicyclic) bond motifs is 1. The first kappa shape index (κ1) is 11.3. The number of aromatic nitrogens is 3. The van der Waals surface area contributed by atoms with Gasteiger partial charge >= 0.3 is 0 Å². The zero-order chi connectivity index (χ0) is 12.9. The number of rotatable bonds is 3. The molecule has 0 aliphatic heterocycles. The average Bonchev–Trinajstić information content (AvgIpc) is 2.49. The van der Waals surface area contributed by atoms with Crippen LogP contribution in [0.1, 0.15) is 5.56 Å². The largest absolute Gasteiger partial charge is 0.265 e. The smallest absolute Gasteiger partial charge is 0.176 e. The van der Waals surface area contributed by atoms with Crippen molar-refractivity contribution in [2.24, 2.45) is 5.10 Å². The van der Waals surface area contributed by atoms with Crippen LogP contribution in [0.5, 0.6) is 0 Å². The van der Waals surface area contributed by atoms with Gasteiger partial charge in [-0.3, -0.25) is 10.4 Å². The third kappa shape index (κ3) is 2.55. The third-order valence-electron chi connectivity index (χ3n) is 2.66. The molecule has 0 amide bonds. The molecule has 0 fully saturated rings. The van der Waals surface area contributed by atoms with E-state index in [0.717, 1.165) is 16.3 Å². The van der Waals surface area contributed by atoms with Gasteiger partial charge in [0.25, 0.3) is 0 Å². The molecule has 0 saturated carbocycles. The maximum absolute atomic E-state index is 4.16. The topological polar surface area (TPSA) is 63.1 Å². The lowest BCUT2D eigenvalue weighted by Gasteiger charge is -2.02. The minimum atomic E-state index is 0.642. The van der Waals surface area contributed by atoms with Crippen LogP contribution in [0.15, 0.2) is 60.1 Å². The maximum Gasteiger partial charge on any atom is 0.176 e. The van der Waals surface area contributed by atoms with Crippen LogP contribution in [-0.2, 0) is 0 Å². The molecule has 0 saturated heterocycles. The van der Waals surface area contributed by atoms with Gasteiger partial charge in [-0.1, -0.05) is 24.3 Å². The van der Waals surface area contributed by atoms with Gasteiger partial charge in [-0.15, -0.1) is 5.10 Å². The molecule has 0 aliphatic carbocycles. The van der Waals surface area contributed by atoms with Crippen LogP contribution in [0.25, 0.3) is 10.8 Å². The second-order valence-electron chi connectivity index (χ2n) is 3.93. The van der Waals surface area contributed by atoms with E-state index in [9.17, 15) is 0 Å². The SMILES string of the molecule is C(=NNc1nncc2ccccc12)c1ccncc1. The van der Waals surface area contributed by atoms with Crippen LogP contribution < -0.4 is 5.43 Å². The van der Waals surface area contributed by atoms with E-state index in [1.165, 1.54) is 0 Å². The molecule has 1 aromatic carbocycles. The minimum Gasteiger partial charge on any atom is -0.265 e. The molecular formula is C14H11N5. The molecule has 0 unspecified atom stereocenters. The van der Waals surface area contributed by atoms with Crippen molar-refractivity contribution in [3.8, 4) is 0 Å². The van der Waals surface area contributed by atoms with E-state index in [4.69, 9.17) is 0 Å². The van der Waals surface area contributed by atoms with Gasteiger partial charge in [0.05, 0.1) is 12.4 Å². The van der Waals surface area contributed by atoms with Crippen LogP contribution in [0.4, 0.5) is 5.82 Å². The van der Waals surface area contributed by atoms with Crippen molar-refractivity contribution < 1.29 is 0 Å². The number of benzene rings is 1. The van der Waals surface area contributed by atoms with Crippen molar-refractivity contribution in [3.05, 3.63) is 60.6 Å². The Morgan fingerprint density at radius 1 is 1.05 bits per heavy atom. The van der Waals surface area contributed by atoms with Gasteiger partial charge in [-0.2, -0.15) is 10.2 Å². The molecule has 5 heteroatoms. The van der Waals surface area contributed by atoms with E-state index in [1.807, 2.05) is 36.4 Å². The second-order valence-corrected chi connectivity index (χ2v) is 3.93. The summed E-state index contributed by atoms with van der Waals surface area (Å²) in [6.45, 7) is 0. The van der Waals surface area contributed by atoms with E-state index < -0.39 is 0 Å². The Morgan fingerprint density at radius 3 is 2.79 bits per heavy atom. The van der Waals surface area contributed by atoms with Crippen LogP contribution in [0.2, 0.25) is 0 Å². The Hall–Kier alpha value is -2.82. The van der Waals surface area contributed by atoms with Crippen molar-refractivity contribution in [3.63, 3.8) is 0 Å². The normalized spacial score (nSPS) is 10.9. The lowest BCUT2D eigenvalue weighted by molar-refractivity contribution is 1.04. The van der Waals surface area contributed by atoms with E-state index in [1.54, 1.807) is 24.8 Å².